The molecule has 2 aliphatic rings. The number of fused-ring (bicyclic) bond motifs is 1. The van der Waals surface area contributed by atoms with E-state index in [0.29, 0.717) is 17.8 Å². The molecule has 21 heavy (non-hydrogen) atoms. The van der Waals surface area contributed by atoms with Crippen molar-refractivity contribution in [3.8, 4) is 0 Å². The molecule has 1 aromatic rings. The highest BCUT2D eigenvalue weighted by Crippen LogP contribution is 2.22. The van der Waals surface area contributed by atoms with E-state index in [9.17, 15) is 9.59 Å². The molecule has 0 spiro atoms. The van der Waals surface area contributed by atoms with E-state index in [-0.39, 0.29) is 11.2 Å². The molecule has 0 saturated heterocycles. The molecular formula is C15H25N4O2+. The summed E-state index contributed by atoms with van der Waals surface area (Å²) in [4.78, 5) is 25.8. The predicted molar refractivity (Wildman–Crippen MR) is 81.5 cm³/mol. The molecule has 116 valence electrons. The summed E-state index contributed by atoms with van der Waals surface area (Å²) in [6.07, 6.45) is 5.13. The van der Waals surface area contributed by atoms with Gasteiger partial charge in [0.2, 0.25) is 0 Å². The smallest absolute Gasteiger partial charge is 0.324 e. The van der Waals surface area contributed by atoms with E-state index in [0.717, 1.165) is 18.8 Å². The molecule has 1 aliphatic heterocycles. The molecule has 1 aromatic heterocycles. The maximum Gasteiger partial charge on any atom is 0.332 e. The largest absolute Gasteiger partial charge is 0.332 e. The maximum atomic E-state index is 12.4. The van der Waals surface area contributed by atoms with Crippen LogP contribution in [0.15, 0.2) is 9.59 Å². The van der Waals surface area contributed by atoms with Gasteiger partial charge in [-0.1, -0.05) is 13.3 Å². The van der Waals surface area contributed by atoms with E-state index >= 15 is 0 Å². The minimum atomic E-state index is -0.263. The summed E-state index contributed by atoms with van der Waals surface area (Å²) in [7, 11) is 3.28. The fourth-order valence-corrected chi connectivity index (χ4v) is 3.97. The molecule has 1 fully saturated rings. The Morgan fingerprint density at radius 1 is 1.14 bits per heavy atom. The summed E-state index contributed by atoms with van der Waals surface area (Å²) in [6, 6.07) is 0.612. The lowest BCUT2D eigenvalue weighted by molar-refractivity contribution is -0.942. The molecule has 2 N–H and O–H groups in total. The van der Waals surface area contributed by atoms with E-state index < -0.39 is 0 Å². The highest BCUT2D eigenvalue weighted by molar-refractivity contribution is 5.43. The van der Waals surface area contributed by atoms with Crippen LogP contribution in [0.4, 0.5) is 5.82 Å². The first kappa shape index (κ1) is 14.4. The van der Waals surface area contributed by atoms with Crippen LogP contribution >= 0.6 is 0 Å². The van der Waals surface area contributed by atoms with Crippen LogP contribution in [0.3, 0.4) is 0 Å². The van der Waals surface area contributed by atoms with Gasteiger partial charge >= 0.3 is 5.69 Å². The molecule has 1 saturated carbocycles. The Labute approximate surface area is 124 Å². The average molecular weight is 293 g/mol. The Kier molecular flexibility index (Phi) is 3.65. The summed E-state index contributed by atoms with van der Waals surface area (Å²) in [5.41, 5.74) is 0.334. The molecule has 3 atom stereocenters. The standard InChI is InChI=1S/C15H24N4O2/c1-10-6-4-5-7-12(10)19-8-11-13(16-9-19)17(2)15(21)18(3)14(11)20/h10,12,16H,4-9H2,1-3H3/p+1/t10-,12-/m0/s1. The number of quaternary nitrogens is 1. The minimum absolute atomic E-state index is 0.152. The molecule has 0 amide bonds. The SMILES string of the molecule is C[C@H]1CCCC[C@@H]1[NH+]1CNc2c(c(=O)n(C)c(=O)n2C)C1. The molecule has 6 nitrogen and oxygen atoms in total. The number of nitrogens with one attached hydrogen (secondary N) is 2. The minimum Gasteiger partial charge on any atom is -0.324 e. The molecule has 1 aliphatic carbocycles. The second-order valence-electron chi connectivity index (χ2n) is 6.59. The van der Waals surface area contributed by atoms with Crippen molar-refractivity contribution in [2.45, 2.75) is 45.2 Å². The van der Waals surface area contributed by atoms with Crippen molar-refractivity contribution < 1.29 is 4.90 Å². The summed E-state index contributed by atoms with van der Waals surface area (Å²) in [5.74, 6) is 1.41. The zero-order valence-electron chi connectivity index (χ0n) is 13.1. The Morgan fingerprint density at radius 3 is 2.57 bits per heavy atom. The van der Waals surface area contributed by atoms with Gasteiger partial charge in [-0.3, -0.25) is 13.9 Å². The first-order valence-corrected chi connectivity index (χ1v) is 7.88. The molecular weight excluding hydrogens is 268 g/mol. The van der Waals surface area contributed by atoms with Gasteiger partial charge < -0.3 is 10.2 Å². The zero-order chi connectivity index (χ0) is 15.1. The van der Waals surface area contributed by atoms with Crippen LogP contribution in [-0.4, -0.2) is 21.8 Å². The van der Waals surface area contributed by atoms with Crippen LogP contribution in [-0.2, 0) is 20.6 Å². The monoisotopic (exact) mass is 293 g/mol. The number of anilines is 1. The molecule has 0 radical (unpaired) electrons. The third-order valence-electron chi connectivity index (χ3n) is 5.28. The molecule has 0 bridgehead atoms. The predicted octanol–water partition coefficient (Wildman–Crippen LogP) is -0.569. The third-order valence-corrected chi connectivity index (χ3v) is 5.28. The van der Waals surface area contributed by atoms with Crippen molar-refractivity contribution in [2.75, 3.05) is 12.0 Å². The molecule has 1 unspecified atom stereocenters. The van der Waals surface area contributed by atoms with Gasteiger partial charge in [0.1, 0.15) is 17.9 Å². The highest BCUT2D eigenvalue weighted by atomic mass is 16.2. The second-order valence-corrected chi connectivity index (χ2v) is 6.59. The number of hydrogen-bond donors (Lipinski definition) is 2. The second kappa shape index (κ2) is 5.33. The highest BCUT2D eigenvalue weighted by Gasteiger charge is 2.34. The van der Waals surface area contributed by atoms with Gasteiger partial charge in [-0.15, -0.1) is 0 Å². The van der Waals surface area contributed by atoms with E-state index in [4.69, 9.17) is 0 Å². The summed E-state index contributed by atoms with van der Waals surface area (Å²) in [5, 5.41) is 3.32. The average Bonchev–Trinajstić information content (AvgIpc) is 2.51. The van der Waals surface area contributed by atoms with Gasteiger partial charge in [-0.05, 0) is 19.3 Å². The van der Waals surface area contributed by atoms with Crippen LogP contribution in [0.25, 0.3) is 0 Å². The van der Waals surface area contributed by atoms with Crippen LogP contribution in [0.1, 0.15) is 38.2 Å². The zero-order valence-corrected chi connectivity index (χ0v) is 13.1. The van der Waals surface area contributed by atoms with Gasteiger partial charge in [0.05, 0.1) is 6.04 Å². The van der Waals surface area contributed by atoms with Crippen LogP contribution in [0, 0.1) is 5.92 Å². The van der Waals surface area contributed by atoms with Gasteiger partial charge in [0.25, 0.3) is 5.56 Å². The van der Waals surface area contributed by atoms with Crippen LogP contribution in [0.5, 0.6) is 0 Å². The maximum absolute atomic E-state index is 12.4. The Bertz CT molecular complexity index is 661. The lowest BCUT2D eigenvalue weighted by Gasteiger charge is -2.38. The van der Waals surface area contributed by atoms with Crippen molar-refractivity contribution in [1.82, 2.24) is 9.13 Å². The van der Waals surface area contributed by atoms with Crippen molar-refractivity contribution in [1.29, 1.82) is 0 Å². The number of aromatic nitrogens is 2. The summed E-state index contributed by atoms with van der Waals surface area (Å²) >= 11 is 0. The lowest BCUT2D eigenvalue weighted by atomic mass is 9.84. The first-order chi connectivity index (χ1) is 10.0. The topological polar surface area (TPSA) is 60.5 Å². The van der Waals surface area contributed by atoms with Crippen molar-refractivity contribution >= 4 is 5.82 Å². The van der Waals surface area contributed by atoms with E-state index in [1.54, 1.807) is 18.7 Å². The third kappa shape index (κ3) is 2.31. The molecule has 0 aromatic carbocycles. The van der Waals surface area contributed by atoms with Crippen molar-refractivity contribution in [3.63, 3.8) is 0 Å². The number of rotatable bonds is 1. The fraction of sp³-hybridized carbons (Fsp3) is 0.733. The van der Waals surface area contributed by atoms with Crippen molar-refractivity contribution in [3.05, 3.63) is 26.4 Å². The van der Waals surface area contributed by atoms with E-state index in [1.165, 1.54) is 35.2 Å². The Hall–Kier alpha value is -1.56. The summed E-state index contributed by atoms with van der Waals surface area (Å²) < 4.78 is 2.77. The number of nitrogens with zero attached hydrogens (tertiary/aromatic N) is 2. The lowest BCUT2D eigenvalue weighted by Crippen LogP contribution is -3.17. The van der Waals surface area contributed by atoms with Gasteiger partial charge in [0.15, 0.2) is 6.67 Å². The Morgan fingerprint density at radius 2 is 1.86 bits per heavy atom. The quantitative estimate of drug-likeness (QED) is 0.729. The van der Waals surface area contributed by atoms with Crippen molar-refractivity contribution in [2.24, 2.45) is 20.0 Å². The molecule has 2 heterocycles. The van der Waals surface area contributed by atoms with Gasteiger partial charge in [0, 0.05) is 20.0 Å². The van der Waals surface area contributed by atoms with Gasteiger partial charge in [-0.25, -0.2) is 4.79 Å². The van der Waals surface area contributed by atoms with Gasteiger partial charge in [-0.2, -0.15) is 0 Å². The number of hydrogen-bond acceptors (Lipinski definition) is 3. The molecule has 6 heteroatoms. The first-order valence-electron chi connectivity index (χ1n) is 7.88. The summed E-state index contributed by atoms with van der Waals surface area (Å²) in [6.45, 7) is 3.84. The van der Waals surface area contributed by atoms with Crippen LogP contribution < -0.4 is 21.5 Å². The van der Waals surface area contributed by atoms with E-state index in [2.05, 4.69) is 12.2 Å². The normalized spacial score (nSPS) is 28.8. The molecule has 3 rings (SSSR count). The van der Waals surface area contributed by atoms with Crippen LogP contribution in [0.2, 0.25) is 0 Å². The Balaban J connectivity index is 1.96. The van der Waals surface area contributed by atoms with E-state index in [1.807, 2.05) is 0 Å². The fourth-order valence-electron chi connectivity index (χ4n) is 3.97.